The van der Waals surface area contributed by atoms with Gasteiger partial charge in [0.25, 0.3) is 0 Å². The van der Waals surface area contributed by atoms with Crippen molar-refractivity contribution >= 4 is 23.1 Å². The lowest BCUT2D eigenvalue weighted by atomic mass is 10.1. The van der Waals surface area contributed by atoms with Crippen molar-refractivity contribution in [2.75, 3.05) is 33.3 Å². The average Bonchev–Trinajstić information content (AvgIpc) is 2.42. The molecule has 0 bridgehead atoms. The van der Waals surface area contributed by atoms with Gasteiger partial charge in [0, 0.05) is 45.6 Å². The highest BCUT2D eigenvalue weighted by Crippen LogP contribution is 2.09. The van der Waals surface area contributed by atoms with Crippen LogP contribution in [0, 0.1) is 0 Å². The van der Waals surface area contributed by atoms with Gasteiger partial charge in [-0.15, -0.1) is 0 Å². The van der Waals surface area contributed by atoms with Crippen LogP contribution in [0.4, 0.5) is 0 Å². The van der Waals surface area contributed by atoms with Crippen molar-refractivity contribution < 1.29 is 9.90 Å². The van der Waals surface area contributed by atoms with Gasteiger partial charge in [-0.1, -0.05) is 26.1 Å². The molecule has 118 valence electrons. The zero-order chi connectivity index (χ0) is 15.5. The summed E-state index contributed by atoms with van der Waals surface area (Å²) < 4.78 is 0. The maximum absolute atomic E-state index is 12.0. The number of thiocarbonyl (C=S) groups is 1. The summed E-state index contributed by atoms with van der Waals surface area (Å²) in [6.45, 7) is 6.27. The topological polar surface area (TPSA) is 69.8 Å². The normalized spacial score (nSPS) is 11.1. The van der Waals surface area contributed by atoms with E-state index >= 15 is 0 Å². The van der Waals surface area contributed by atoms with Crippen molar-refractivity contribution in [3.63, 3.8) is 0 Å². The standard InChI is InChI=1S/C14H29N3O2S/c1-4-12(5-2)17(10-11-18)9-7-14(19)16(3)8-6-13(15)20/h12,18H,4-11H2,1-3H3,(H2,15,20). The third kappa shape index (κ3) is 7.77. The monoisotopic (exact) mass is 303 g/mol. The Labute approximate surface area is 128 Å². The van der Waals surface area contributed by atoms with E-state index in [9.17, 15) is 4.79 Å². The van der Waals surface area contributed by atoms with Gasteiger partial charge in [-0.2, -0.15) is 0 Å². The fraction of sp³-hybridized carbons (Fsp3) is 0.857. The second-order valence-corrected chi connectivity index (χ2v) is 5.54. The number of rotatable bonds is 11. The maximum atomic E-state index is 12.0. The van der Waals surface area contributed by atoms with Crippen LogP contribution in [-0.4, -0.2) is 65.1 Å². The molecular weight excluding hydrogens is 274 g/mol. The molecule has 0 rings (SSSR count). The Hall–Kier alpha value is -0.720. The summed E-state index contributed by atoms with van der Waals surface area (Å²) in [5.41, 5.74) is 5.44. The number of amides is 1. The molecule has 0 saturated carbocycles. The van der Waals surface area contributed by atoms with Crippen molar-refractivity contribution in [3.05, 3.63) is 0 Å². The Bertz CT molecular complexity index is 296. The number of nitrogens with two attached hydrogens (primary N) is 1. The number of hydrogen-bond acceptors (Lipinski definition) is 4. The van der Waals surface area contributed by atoms with Gasteiger partial charge in [0.2, 0.25) is 5.91 Å². The average molecular weight is 303 g/mol. The first-order valence-corrected chi connectivity index (χ1v) is 7.74. The molecule has 0 aromatic heterocycles. The van der Waals surface area contributed by atoms with Gasteiger partial charge in [0.15, 0.2) is 0 Å². The van der Waals surface area contributed by atoms with Gasteiger partial charge in [-0.25, -0.2) is 0 Å². The lowest BCUT2D eigenvalue weighted by Gasteiger charge is -2.30. The lowest BCUT2D eigenvalue weighted by Crippen LogP contribution is -2.40. The lowest BCUT2D eigenvalue weighted by molar-refractivity contribution is -0.130. The van der Waals surface area contributed by atoms with Crippen LogP contribution in [0.1, 0.15) is 39.5 Å². The Balaban J connectivity index is 4.25. The quantitative estimate of drug-likeness (QED) is 0.557. The summed E-state index contributed by atoms with van der Waals surface area (Å²) in [7, 11) is 1.77. The molecule has 0 aromatic carbocycles. The van der Waals surface area contributed by atoms with Crippen molar-refractivity contribution in [3.8, 4) is 0 Å². The fourth-order valence-electron chi connectivity index (χ4n) is 2.24. The molecular formula is C14H29N3O2S. The summed E-state index contributed by atoms with van der Waals surface area (Å²) >= 11 is 4.81. The Morgan fingerprint density at radius 3 is 2.25 bits per heavy atom. The van der Waals surface area contributed by atoms with Crippen molar-refractivity contribution in [1.29, 1.82) is 0 Å². The number of nitrogens with zero attached hydrogens (tertiary/aromatic N) is 2. The highest BCUT2D eigenvalue weighted by Gasteiger charge is 2.17. The molecule has 0 unspecified atom stereocenters. The van der Waals surface area contributed by atoms with E-state index in [1.807, 2.05) is 0 Å². The minimum absolute atomic E-state index is 0.0927. The van der Waals surface area contributed by atoms with Crippen LogP contribution in [0.25, 0.3) is 0 Å². The van der Waals surface area contributed by atoms with Crippen LogP contribution in [0.3, 0.4) is 0 Å². The van der Waals surface area contributed by atoms with E-state index in [1.54, 1.807) is 11.9 Å². The fourth-order valence-corrected chi connectivity index (χ4v) is 2.33. The molecule has 1 amide bonds. The van der Waals surface area contributed by atoms with E-state index in [0.29, 0.717) is 43.5 Å². The molecule has 0 aromatic rings. The van der Waals surface area contributed by atoms with E-state index in [4.69, 9.17) is 23.1 Å². The maximum Gasteiger partial charge on any atom is 0.223 e. The molecule has 0 radical (unpaired) electrons. The number of hydrogen-bond donors (Lipinski definition) is 2. The molecule has 5 nitrogen and oxygen atoms in total. The Kier molecular flexibility index (Phi) is 10.6. The minimum Gasteiger partial charge on any atom is -0.395 e. The van der Waals surface area contributed by atoms with E-state index in [-0.39, 0.29) is 12.5 Å². The van der Waals surface area contributed by atoms with Gasteiger partial charge in [-0.05, 0) is 12.8 Å². The first-order valence-electron chi connectivity index (χ1n) is 7.33. The van der Waals surface area contributed by atoms with Crippen LogP contribution in [0.15, 0.2) is 0 Å². The second-order valence-electron chi connectivity index (χ2n) is 5.01. The van der Waals surface area contributed by atoms with E-state index < -0.39 is 0 Å². The first-order chi connectivity index (χ1) is 9.46. The predicted molar refractivity (Wildman–Crippen MR) is 86.7 cm³/mol. The molecule has 0 aliphatic rings. The smallest absolute Gasteiger partial charge is 0.223 e. The first kappa shape index (κ1) is 19.3. The van der Waals surface area contributed by atoms with Crippen LogP contribution >= 0.6 is 12.2 Å². The molecule has 0 spiro atoms. The highest BCUT2D eigenvalue weighted by molar-refractivity contribution is 7.80. The van der Waals surface area contributed by atoms with Gasteiger partial charge in [-0.3, -0.25) is 9.69 Å². The van der Waals surface area contributed by atoms with E-state index in [1.165, 1.54) is 0 Å². The molecule has 0 atom stereocenters. The van der Waals surface area contributed by atoms with Crippen LogP contribution < -0.4 is 5.73 Å². The molecule has 0 heterocycles. The molecule has 3 N–H and O–H groups in total. The third-order valence-corrected chi connectivity index (χ3v) is 3.78. The summed E-state index contributed by atoms with van der Waals surface area (Å²) in [6.07, 6.45) is 3.08. The van der Waals surface area contributed by atoms with Crippen LogP contribution in [0.2, 0.25) is 0 Å². The highest BCUT2D eigenvalue weighted by atomic mass is 32.1. The van der Waals surface area contributed by atoms with Gasteiger partial charge < -0.3 is 15.7 Å². The Morgan fingerprint density at radius 2 is 1.80 bits per heavy atom. The summed E-state index contributed by atoms with van der Waals surface area (Å²) in [6, 6.07) is 0.428. The predicted octanol–water partition coefficient (Wildman–Crippen LogP) is 0.994. The minimum atomic E-state index is 0.0927. The van der Waals surface area contributed by atoms with Gasteiger partial charge in [0.1, 0.15) is 0 Å². The molecule has 6 heteroatoms. The van der Waals surface area contributed by atoms with Crippen molar-refractivity contribution in [2.45, 2.75) is 45.6 Å². The van der Waals surface area contributed by atoms with Crippen molar-refractivity contribution in [2.24, 2.45) is 5.73 Å². The number of carbonyl (C=O) groups excluding carboxylic acids is 1. The van der Waals surface area contributed by atoms with Gasteiger partial charge in [0.05, 0.1) is 11.6 Å². The zero-order valence-electron chi connectivity index (χ0n) is 13.0. The number of aliphatic hydroxyl groups excluding tert-OH is 1. The molecule has 0 saturated heterocycles. The summed E-state index contributed by atoms with van der Waals surface area (Å²) in [5.74, 6) is 0.0927. The SMILES string of the molecule is CCC(CC)N(CCO)CCC(=O)N(C)CCC(N)=S. The molecule has 0 aliphatic carbocycles. The molecule has 0 aliphatic heterocycles. The summed E-state index contributed by atoms with van der Waals surface area (Å²) in [4.78, 5) is 16.3. The number of carbonyl (C=O) groups is 1. The van der Waals surface area contributed by atoms with Gasteiger partial charge >= 0.3 is 0 Å². The zero-order valence-corrected chi connectivity index (χ0v) is 13.8. The Morgan fingerprint density at radius 1 is 1.20 bits per heavy atom. The second kappa shape index (κ2) is 11.0. The third-order valence-electron chi connectivity index (χ3n) is 3.58. The van der Waals surface area contributed by atoms with E-state index in [2.05, 4.69) is 18.7 Å². The van der Waals surface area contributed by atoms with E-state index in [0.717, 1.165) is 12.8 Å². The summed E-state index contributed by atoms with van der Waals surface area (Å²) in [5, 5.41) is 9.13. The van der Waals surface area contributed by atoms with Crippen LogP contribution in [-0.2, 0) is 4.79 Å². The number of aliphatic hydroxyl groups is 1. The largest absolute Gasteiger partial charge is 0.395 e. The van der Waals surface area contributed by atoms with Crippen LogP contribution in [0.5, 0.6) is 0 Å². The molecule has 0 fully saturated rings. The molecule has 20 heavy (non-hydrogen) atoms. The van der Waals surface area contributed by atoms with Crippen molar-refractivity contribution in [1.82, 2.24) is 9.80 Å².